The first-order chi connectivity index (χ1) is 12.5. The summed E-state index contributed by atoms with van der Waals surface area (Å²) in [6, 6.07) is 7.14. The van der Waals surface area contributed by atoms with E-state index in [0.29, 0.717) is 11.1 Å². The third-order valence-electron chi connectivity index (χ3n) is 4.12. The SMILES string of the molecule is Cc1nccn1-c1cncc(-c2ccc3c(c2)oc(=O)n3CC(=O)O)c1. The average molecular weight is 350 g/mol. The van der Waals surface area contributed by atoms with Crippen molar-refractivity contribution in [2.75, 3.05) is 0 Å². The molecule has 26 heavy (non-hydrogen) atoms. The van der Waals surface area contributed by atoms with Gasteiger partial charge in [-0.3, -0.25) is 14.3 Å². The van der Waals surface area contributed by atoms with Crippen molar-refractivity contribution in [3.8, 4) is 16.8 Å². The number of hydrogen-bond donors (Lipinski definition) is 1. The molecule has 4 aromatic rings. The van der Waals surface area contributed by atoms with Crippen molar-refractivity contribution in [2.45, 2.75) is 13.5 Å². The molecule has 0 aliphatic carbocycles. The van der Waals surface area contributed by atoms with Crippen LogP contribution in [-0.2, 0) is 11.3 Å². The van der Waals surface area contributed by atoms with Crippen molar-refractivity contribution < 1.29 is 14.3 Å². The zero-order chi connectivity index (χ0) is 18.3. The Morgan fingerprint density at radius 2 is 2.08 bits per heavy atom. The Bertz CT molecular complexity index is 1190. The van der Waals surface area contributed by atoms with Crippen LogP contribution in [0.4, 0.5) is 0 Å². The van der Waals surface area contributed by atoms with Gasteiger partial charge in [0.2, 0.25) is 0 Å². The van der Waals surface area contributed by atoms with Gasteiger partial charge in [0.15, 0.2) is 5.58 Å². The Kier molecular flexibility index (Phi) is 3.65. The van der Waals surface area contributed by atoms with Gasteiger partial charge < -0.3 is 14.1 Å². The molecule has 0 aliphatic rings. The smallest absolute Gasteiger partial charge is 0.420 e. The van der Waals surface area contributed by atoms with Crippen molar-refractivity contribution in [3.63, 3.8) is 0 Å². The number of benzene rings is 1. The van der Waals surface area contributed by atoms with Crippen LogP contribution in [0.5, 0.6) is 0 Å². The van der Waals surface area contributed by atoms with Gasteiger partial charge in [-0.15, -0.1) is 0 Å². The van der Waals surface area contributed by atoms with Crippen LogP contribution in [0.15, 0.2) is 58.3 Å². The summed E-state index contributed by atoms with van der Waals surface area (Å²) in [5.74, 6) is -0.955. The van der Waals surface area contributed by atoms with Crippen LogP contribution in [-0.4, -0.2) is 30.2 Å². The molecule has 3 aromatic heterocycles. The topological polar surface area (TPSA) is 103 Å². The van der Waals surface area contributed by atoms with Crippen LogP contribution < -0.4 is 5.76 Å². The predicted octanol–water partition coefficient (Wildman–Crippen LogP) is 2.24. The molecule has 1 N–H and O–H groups in total. The highest BCUT2D eigenvalue weighted by atomic mass is 16.4. The van der Waals surface area contributed by atoms with Gasteiger partial charge >= 0.3 is 11.7 Å². The molecule has 4 rings (SSSR count). The van der Waals surface area contributed by atoms with Crippen molar-refractivity contribution in [2.24, 2.45) is 0 Å². The molecule has 1 aromatic carbocycles. The molecule has 0 amide bonds. The number of fused-ring (bicyclic) bond motifs is 1. The van der Waals surface area contributed by atoms with Crippen LogP contribution in [0.2, 0.25) is 0 Å². The lowest BCUT2D eigenvalue weighted by molar-refractivity contribution is -0.137. The largest absolute Gasteiger partial charge is 0.480 e. The number of hydrogen-bond acceptors (Lipinski definition) is 5. The molecule has 0 radical (unpaired) electrons. The average Bonchev–Trinajstić information content (AvgIpc) is 3.18. The first-order valence-corrected chi connectivity index (χ1v) is 7.84. The lowest BCUT2D eigenvalue weighted by Crippen LogP contribution is -2.19. The molecule has 0 fully saturated rings. The molecule has 0 spiro atoms. The monoisotopic (exact) mass is 350 g/mol. The van der Waals surface area contributed by atoms with E-state index in [1.807, 2.05) is 23.8 Å². The maximum absolute atomic E-state index is 11.9. The zero-order valence-corrected chi connectivity index (χ0v) is 13.8. The van der Waals surface area contributed by atoms with Gasteiger partial charge in [0, 0.05) is 24.2 Å². The van der Waals surface area contributed by atoms with Crippen molar-refractivity contribution in [1.82, 2.24) is 19.1 Å². The highest BCUT2D eigenvalue weighted by Crippen LogP contribution is 2.25. The number of aliphatic carboxylic acids is 1. The lowest BCUT2D eigenvalue weighted by atomic mass is 10.1. The van der Waals surface area contributed by atoms with E-state index in [1.165, 1.54) is 0 Å². The molecule has 130 valence electrons. The molecular weight excluding hydrogens is 336 g/mol. The van der Waals surface area contributed by atoms with Crippen LogP contribution in [0.1, 0.15) is 5.82 Å². The number of nitrogens with zero attached hydrogens (tertiary/aromatic N) is 4. The minimum Gasteiger partial charge on any atom is -0.480 e. The van der Waals surface area contributed by atoms with E-state index >= 15 is 0 Å². The van der Waals surface area contributed by atoms with Crippen LogP contribution in [0.25, 0.3) is 27.9 Å². The summed E-state index contributed by atoms with van der Waals surface area (Å²) >= 11 is 0. The van der Waals surface area contributed by atoms with Crippen molar-refractivity contribution in [3.05, 3.63) is 65.4 Å². The Labute approximate surface area is 147 Å². The summed E-state index contributed by atoms with van der Waals surface area (Å²) < 4.78 is 8.20. The maximum Gasteiger partial charge on any atom is 0.420 e. The summed E-state index contributed by atoms with van der Waals surface area (Å²) in [6.07, 6.45) is 7.02. The maximum atomic E-state index is 11.9. The van der Waals surface area contributed by atoms with Crippen LogP contribution in [0.3, 0.4) is 0 Å². The molecule has 8 heteroatoms. The Balaban J connectivity index is 1.79. The zero-order valence-electron chi connectivity index (χ0n) is 13.8. The van der Waals surface area contributed by atoms with Gasteiger partial charge in [-0.25, -0.2) is 9.78 Å². The van der Waals surface area contributed by atoms with Gasteiger partial charge in [-0.1, -0.05) is 6.07 Å². The molecule has 3 heterocycles. The van der Waals surface area contributed by atoms with Gasteiger partial charge in [0.1, 0.15) is 12.4 Å². The van der Waals surface area contributed by atoms with E-state index in [4.69, 9.17) is 9.52 Å². The van der Waals surface area contributed by atoms with E-state index in [1.54, 1.807) is 36.8 Å². The number of carbonyl (C=O) groups is 1. The standard InChI is InChI=1S/C18H14N4O4/c1-11-20-4-5-21(11)14-6-13(8-19-9-14)12-2-3-15-16(7-12)26-18(25)22(15)10-17(23)24/h2-9H,10H2,1H3,(H,23,24). The molecule has 0 bridgehead atoms. The number of oxazole rings is 1. The number of carboxylic acid groups (broad SMARTS) is 1. The number of imidazole rings is 1. The molecule has 8 nitrogen and oxygen atoms in total. The molecule has 0 aliphatic heterocycles. The molecule has 0 saturated heterocycles. The van der Waals surface area contributed by atoms with Crippen LogP contribution >= 0.6 is 0 Å². The van der Waals surface area contributed by atoms with Gasteiger partial charge in [-0.2, -0.15) is 0 Å². The second-order valence-corrected chi connectivity index (χ2v) is 5.81. The number of aryl methyl sites for hydroxylation is 1. The van der Waals surface area contributed by atoms with E-state index in [-0.39, 0.29) is 0 Å². The molecule has 0 saturated carbocycles. The number of pyridine rings is 1. The van der Waals surface area contributed by atoms with Gasteiger partial charge in [0.25, 0.3) is 0 Å². The third kappa shape index (κ3) is 2.67. The first-order valence-electron chi connectivity index (χ1n) is 7.84. The summed E-state index contributed by atoms with van der Waals surface area (Å²) in [4.78, 5) is 31.3. The highest BCUT2D eigenvalue weighted by molar-refractivity contribution is 5.81. The van der Waals surface area contributed by atoms with Crippen molar-refractivity contribution in [1.29, 1.82) is 0 Å². The quantitative estimate of drug-likeness (QED) is 0.605. The number of aromatic nitrogens is 4. The third-order valence-corrected chi connectivity index (χ3v) is 4.12. The summed E-state index contributed by atoms with van der Waals surface area (Å²) in [5, 5.41) is 8.93. The summed E-state index contributed by atoms with van der Waals surface area (Å²) in [7, 11) is 0. The molecular formula is C18H14N4O4. The fourth-order valence-electron chi connectivity index (χ4n) is 2.90. The summed E-state index contributed by atoms with van der Waals surface area (Å²) in [6.45, 7) is 1.46. The second-order valence-electron chi connectivity index (χ2n) is 5.81. The summed E-state index contributed by atoms with van der Waals surface area (Å²) in [5.41, 5.74) is 3.28. The van der Waals surface area contributed by atoms with E-state index in [0.717, 1.165) is 27.2 Å². The Morgan fingerprint density at radius 3 is 2.81 bits per heavy atom. The highest BCUT2D eigenvalue weighted by Gasteiger charge is 2.13. The van der Waals surface area contributed by atoms with Gasteiger partial charge in [0.05, 0.1) is 17.4 Å². The number of carboxylic acids is 1. The minimum absolute atomic E-state index is 0.331. The van der Waals surface area contributed by atoms with Gasteiger partial charge in [-0.05, 0) is 30.7 Å². The van der Waals surface area contributed by atoms with E-state index < -0.39 is 18.3 Å². The normalized spacial score (nSPS) is 11.1. The first kappa shape index (κ1) is 15.8. The predicted molar refractivity (Wildman–Crippen MR) is 93.2 cm³/mol. The Morgan fingerprint density at radius 1 is 1.23 bits per heavy atom. The molecule has 0 atom stereocenters. The number of rotatable bonds is 4. The van der Waals surface area contributed by atoms with Crippen LogP contribution in [0, 0.1) is 6.92 Å². The minimum atomic E-state index is -1.11. The van der Waals surface area contributed by atoms with E-state index in [2.05, 4.69) is 9.97 Å². The van der Waals surface area contributed by atoms with Crippen molar-refractivity contribution >= 4 is 17.1 Å². The molecule has 0 unspecified atom stereocenters. The second kappa shape index (κ2) is 5.99. The fourth-order valence-corrected chi connectivity index (χ4v) is 2.90. The lowest BCUT2D eigenvalue weighted by Gasteiger charge is -2.07. The Hall–Kier alpha value is -3.68. The fraction of sp³-hybridized carbons (Fsp3) is 0.111. The van der Waals surface area contributed by atoms with E-state index in [9.17, 15) is 9.59 Å².